The molecule has 1 N–H and O–H groups in total. The normalized spacial score (nSPS) is 11.1. The third kappa shape index (κ3) is 5.41. The molecule has 0 atom stereocenters. The molecule has 0 aliphatic heterocycles. The van der Waals surface area contributed by atoms with E-state index in [9.17, 15) is 13.2 Å². The molecule has 0 unspecified atom stereocenters. The molecule has 1 nitrogen and oxygen atoms in total. The van der Waals surface area contributed by atoms with Crippen LogP contribution in [0, 0.1) is 0 Å². The average Bonchev–Trinajstić information content (AvgIpc) is 2.24. The molecule has 0 radical (unpaired) electrons. The van der Waals surface area contributed by atoms with E-state index in [1.54, 1.807) is 6.07 Å². The summed E-state index contributed by atoms with van der Waals surface area (Å²) < 4.78 is 37.8. The summed E-state index contributed by atoms with van der Waals surface area (Å²) in [6.45, 7) is 3.07. The minimum Gasteiger partial charge on any atom is -0.313 e. The molecule has 0 aromatic heterocycles. The highest BCUT2D eigenvalue weighted by Crippen LogP contribution is 2.31. The zero-order chi connectivity index (χ0) is 12.0. The van der Waals surface area contributed by atoms with E-state index < -0.39 is 11.7 Å². The highest BCUT2D eigenvalue weighted by atomic mass is 35.5. The van der Waals surface area contributed by atoms with Gasteiger partial charge in [-0.2, -0.15) is 13.2 Å². The summed E-state index contributed by atoms with van der Waals surface area (Å²) >= 11 is 0. The Morgan fingerprint density at radius 2 is 1.82 bits per heavy atom. The molecule has 98 valence electrons. The van der Waals surface area contributed by atoms with Crippen LogP contribution in [0.25, 0.3) is 0 Å². The van der Waals surface area contributed by atoms with Crippen LogP contribution in [0.15, 0.2) is 24.3 Å². The first-order valence-corrected chi connectivity index (χ1v) is 5.41. The van der Waals surface area contributed by atoms with Crippen molar-refractivity contribution in [1.29, 1.82) is 0 Å². The molecule has 0 spiro atoms. The van der Waals surface area contributed by atoms with Crippen molar-refractivity contribution in [3.05, 3.63) is 35.4 Å². The van der Waals surface area contributed by atoms with E-state index in [4.69, 9.17) is 0 Å². The molecule has 17 heavy (non-hydrogen) atoms. The average molecular weight is 268 g/mol. The Kier molecular flexibility index (Phi) is 7.23. The number of halogens is 4. The number of unbranched alkanes of at least 4 members (excludes halogenated alkanes) is 1. The van der Waals surface area contributed by atoms with Crippen molar-refractivity contribution in [2.75, 3.05) is 6.54 Å². The van der Waals surface area contributed by atoms with Gasteiger partial charge >= 0.3 is 6.18 Å². The Balaban J connectivity index is 0.00000256. The molecular formula is C12H17ClF3N. The van der Waals surface area contributed by atoms with E-state index in [0.717, 1.165) is 25.5 Å². The summed E-state index contributed by atoms with van der Waals surface area (Å²) in [4.78, 5) is 0. The van der Waals surface area contributed by atoms with Gasteiger partial charge in [-0.3, -0.25) is 0 Å². The maximum absolute atomic E-state index is 12.6. The number of benzene rings is 1. The van der Waals surface area contributed by atoms with Gasteiger partial charge in [-0.15, -0.1) is 12.4 Å². The van der Waals surface area contributed by atoms with Gasteiger partial charge in [-0.1, -0.05) is 31.5 Å². The van der Waals surface area contributed by atoms with Crippen LogP contribution in [0.1, 0.15) is 30.9 Å². The minimum absolute atomic E-state index is 0. The highest BCUT2D eigenvalue weighted by Gasteiger charge is 2.32. The van der Waals surface area contributed by atoms with Gasteiger partial charge in [0.25, 0.3) is 0 Å². The van der Waals surface area contributed by atoms with E-state index in [1.165, 1.54) is 12.1 Å². The Labute approximate surface area is 106 Å². The minimum atomic E-state index is -4.26. The van der Waals surface area contributed by atoms with E-state index >= 15 is 0 Å². The fourth-order valence-electron chi connectivity index (χ4n) is 1.48. The predicted molar refractivity (Wildman–Crippen MR) is 65.3 cm³/mol. The Bertz CT molecular complexity index is 326. The summed E-state index contributed by atoms with van der Waals surface area (Å²) in [5.41, 5.74) is -0.231. The van der Waals surface area contributed by atoms with Crippen LogP contribution >= 0.6 is 12.4 Å². The van der Waals surface area contributed by atoms with Gasteiger partial charge in [0.15, 0.2) is 0 Å². The SMILES string of the molecule is CCCCNCc1ccccc1C(F)(F)F.Cl. The largest absolute Gasteiger partial charge is 0.416 e. The second kappa shape index (κ2) is 7.56. The second-order valence-electron chi connectivity index (χ2n) is 3.69. The maximum atomic E-state index is 12.6. The molecule has 0 aliphatic carbocycles. The summed E-state index contributed by atoms with van der Waals surface area (Å²) in [6, 6.07) is 5.68. The lowest BCUT2D eigenvalue weighted by atomic mass is 10.1. The molecule has 0 bridgehead atoms. The van der Waals surface area contributed by atoms with Crippen LogP contribution in [0.3, 0.4) is 0 Å². The third-order valence-electron chi connectivity index (χ3n) is 2.35. The van der Waals surface area contributed by atoms with Crippen molar-refractivity contribution in [3.8, 4) is 0 Å². The van der Waals surface area contributed by atoms with E-state index in [-0.39, 0.29) is 19.0 Å². The lowest BCUT2D eigenvalue weighted by molar-refractivity contribution is -0.138. The Hall–Kier alpha value is -0.740. The fourth-order valence-corrected chi connectivity index (χ4v) is 1.48. The number of hydrogen-bond donors (Lipinski definition) is 1. The van der Waals surface area contributed by atoms with Crippen molar-refractivity contribution in [2.24, 2.45) is 0 Å². The second-order valence-corrected chi connectivity index (χ2v) is 3.69. The highest BCUT2D eigenvalue weighted by molar-refractivity contribution is 5.85. The van der Waals surface area contributed by atoms with E-state index in [2.05, 4.69) is 5.32 Å². The van der Waals surface area contributed by atoms with Crippen molar-refractivity contribution < 1.29 is 13.2 Å². The van der Waals surface area contributed by atoms with Gasteiger partial charge < -0.3 is 5.32 Å². The van der Waals surface area contributed by atoms with Crippen LogP contribution < -0.4 is 5.32 Å². The first-order valence-electron chi connectivity index (χ1n) is 5.41. The smallest absolute Gasteiger partial charge is 0.313 e. The van der Waals surface area contributed by atoms with E-state index in [0.29, 0.717) is 5.56 Å². The number of alkyl halides is 3. The van der Waals surface area contributed by atoms with Crippen LogP contribution in [-0.4, -0.2) is 6.54 Å². The number of rotatable bonds is 5. The molecular weight excluding hydrogens is 251 g/mol. The fraction of sp³-hybridized carbons (Fsp3) is 0.500. The van der Waals surface area contributed by atoms with Crippen LogP contribution in [0.5, 0.6) is 0 Å². The zero-order valence-electron chi connectivity index (χ0n) is 9.68. The molecule has 0 fully saturated rings. The van der Waals surface area contributed by atoms with Crippen molar-refractivity contribution in [3.63, 3.8) is 0 Å². The van der Waals surface area contributed by atoms with Gasteiger partial charge in [0.2, 0.25) is 0 Å². The molecule has 0 heterocycles. The van der Waals surface area contributed by atoms with Gasteiger partial charge in [-0.25, -0.2) is 0 Å². The molecule has 5 heteroatoms. The first-order chi connectivity index (χ1) is 7.55. The van der Waals surface area contributed by atoms with Gasteiger partial charge in [0.1, 0.15) is 0 Å². The molecule has 0 amide bonds. The summed E-state index contributed by atoms with van der Waals surface area (Å²) in [5, 5.41) is 3.02. The van der Waals surface area contributed by atoms with Crippen LogP contribution in [0.4, 0.5) is 13.2 Å². The quantitative estimate of drug-likeness (QED) is 0.795. The monoisotopic (exact) mass is 267 g/mol. The summed E-state index contributed by atoms with van der Waals surface area (Å²) in [5.74, 6) is 0. The van der Waals surface area contributed by atoms with Gasteiger partial charge in [-0.05, 0) is 24.6 Å². The van der Waals surface area contributed by atoms with E-state index in [1.807, 2.05) is 6.92 Å². The summed E-state index contributed by atoms with van der Waals surface area (Å²) in [7, 11) is 0. The molecule has 0 saturated carbocycles. The van der Waals surface area contributed by atoms with Crippen molar-refractivity contribution in [1.82, 2.24) is 5.32 Å². The number of hydrogen-bond acceptors (Lipinski definition) is 1. The molecule has 1 aromatic rings. The maximum Gasteiger partial charge on any atom is 0.416 e. The van der Waals surface area contributed by atoms with Crippen molar-refractivity contribution >= 4 is 12.4 Å². The standard InChI is InChI=1S/C12H16F3N.ClH/c1-2-3-8-16-9-10-6-4-5-7-11(10)12(13,14)15;/h4-7,16H,2-3,8-9H2,1H3;1H. The predicted octanol–water partition coefficient (Wildman–Crippen LogP) is 4.02. The first kappa shape index (κ1) is 16.3. The Morgan fingerprint density at radius 3 is 2.41 bits per heavy atom. The Morgan fingerprint density at radius 1 is 1.18 bits per heavy atom. The summed E-state index contributed by atoms with van der Waals surface area (Å²) in [6.07, 6.45) is -2.24. The molecule has 0 saturated heterocycles. The number of nitrogens with one attached hydrogen (secondary N) is 1. The van der Waals surface area contributed by atoms with Crippen LogP contribution in [0.2, 0.25) is 0 Å². The van der Waals surface area contributed by atoms with Gasteiger partial charge in [0.05, 0.1) is 5.56 Å². The van der Waals surface area contributed by atoms with Crippen molar-refractivity contribution in [2.45, 2.75) is 32.5 Å². The third-order valence-corrected chi connectivity index (χ3v) is 2.35. The lowest BCUT2D eigenvalue weighted by Gasteiger charge is -2.12. The van der Waals surface area contributed by atoms with Crippen LogP contribution in [-0.2, 0) is 12.7 Å². The molecule has 1 rings (SSSR count). The lowest BCUT2D eigenvalue weighted by Crippen LogP contribution is -2.18. The topological polar surface area (TPSA) is 12.0 Å². The zero-order valence-corrected chi connectivity index (χ0v) is 10.5. The molecule has 0 aliphatic rings. The van der Waals surface area contributed by atoms with Gasteiger partial charge in [0, 0.05) is 6.54 Å². The molecule has 1 aromatic carbocycles.